The number of fused-ring (bicyclic) bond motifs is 1. The van der Waals surface area contributed by atoms with Crippen molar-refractivity contribution in [3.05, 3.63) is 83.4 Å². The monoisotopic (exact) mass is 361 g/mol. The predicted octanol–water partition coefficient (Wildman–Crippen LogP) is 5.18. The lowest BCUT2D eigenvalue weighted by molar-refractivity contribution is 0.0641. The largest absolute Gasteiger partial charge is 0.384 e. The molecule has 0 bridgehead atoms. The average Bonchev–Trinajstić information content (AvgIpc) is 2.66. The second-order valence-electron chi connectivity index (χ2n) is 7.46. The third kappa shape index (κ3) is 3.74. The molecule has 0 aliphatic rings. The average molecular weight is 361 g/mol. The van der Waals surface area contributed by atoms with Gasteiger partial charge in [0.25, 0.3) is 5.91 Å². The summed E-state index contributed by atoms with van der Waals surface area (Å²) in [6.07, 6.45) is -0.851. The Morgan fingerprint density at radius 2 is 1.41 bits per heavy atom. The van der Waals surface area contributed by atoms with E-state index in [2.05, 4.69) is 0 Å². The molecule has 140 valence electrons. The number of carbonyl (C=O) groups is 1. The third-order valence-corrected chi connectivity index (χ3v) is 4.93. The molecule has 3 aromatic rings. The number of benzene rings is 3. The normalized spacial score (nSPS) is 12.6. The van der Waals surface area contributed by atoms with E-state index >= 15 is 0 Å². The molecule has 0 saturated heterocycles. The van der Waals surface area contributed by atoms with Gasteiger partial charge in [-0.05, 0) is 49.6 Å². The fourth-order valence-electron chi connectivity index (χ4n) is 3.76. The van der Waals surface area contributed by atoms with E-state index in [1.165, 1.54) is 0 Å². The van der Waals surface area contributed by atoms with Crippen molar-refractivity contribution in [2.24, 2.45) is 0 Å². The molecule has 0 spiro atoms. The summed E-state index contributed by atoms with van der Waals surface area (Å²) in [6.45, 7) is 8.10. The molecular weight excluding hydrogens is 334 g/mol. The predicted molar refractivity (Wildman–Crippen MR) is 111 cm³/mol. The van der Waals surface area contributed by atoms with E-state index in [9.17, 15) is 9.90 Å². The van der Waals surface area contributed by atoms with E-state index in [-0.39, 0.29) is 18.0 Å². The molecule has 0 aromatic heterocycles. The number of nitrogens with zero attached hydrogens (tertiary/aromatic N) is 1. The van der Waals surface area contributed by atoms with Gasteiger partial charge in [-0.2, -0.15) is 0 Å². The van der Waals surface area contributed by atoms with E-state index in [0.717, 1.165) is 16.3 Å². The topological polar surface area (TPSA) is 40.5 Å². The van der Waals surface area contributed by atoms with Crippen LogP contribution in [-0.2, 0) is 0 Å². The minimum atomic E-state index is -0.851. The van der Waals surface area contributed by atoms with Crippen LogP contribution in [0.4, 0.5) is 0 Å². The van der Waals surface area contributed by atoms with E-state index in [1.54, 1.807) is 0 Å². The zero-order valence-corrected chi connectivity index (χ0v) is 16.4. The first-order chi connectivity index (χ1) is 12.9. The molecular formula is C24H27NO2. The molecule has 3 rings (SSSR count). The quantitative estimate of drug-likeness (QED) is 0.680. The van der Waals surface area contributed by atoms with Gasteiger partial charge in [-0.3, -0.25) is 4.79 Å². The molecule has 0 aliphatic carbocycles. The minimum absolute atomic E-state index is 0.0400. The minimum Gasteiger partial charge on any atom is -0.384 e. The lowest BCUT2D eigenvalue weighted by atomic mass is 9.91. The van der Waals surface area contributed by atoms with E-state index < -0.39 is 6.10 Å². The van der Waals surface area contributed by atoms with Crippen molar-refractivity contribution in [3.63, 3.8) is 0 Å². The molecule has 0 aliphatic heterocycles. The first kappa shape index (κ1) is 19.1. The first-order valence-corrected chi connectivity index (χ1v) is 9.49. The second-order valence-corrected chi connectivity index (χ2v) is 7.46. The van der Waals surface area contributed by atoms with Gasteiger partial charge < -0.3 is 10.0 Å². The molecule has 0 heterocycles. The smallest absolute Gasteiger partial charge is 0.255 e. The Balaban J connectivity index is 2.23. The maximum Gasteiger partial charge on any atom is 0.255 e. The SMILES string of the molecule is CC(C)N(C(=O)c1c(C(O)c2ccccc2)ccc2ccccc12)C(C)C. The summed E-state index contributed by atoms with van der Waals surface area (Å²) in [7, 11) is 0. The number of hydrogen-bond acceptors (Lipinski definition) is 2. The zero-order valence-electron chi connectivity index (χ0n) is 16.4. The standard InChI is InChI=1S/C24H27NO2/c1-16(2)25(17(3)4)24(27)22-20-13-9-8-10-18(20)14-15-21(22)23(26)19-11-6-5-7-12-19/h5-17,23,26H,1-4H3. The van der Waals surface area contributed by atoms with Crippen molar-refractivity contribution in [2.45, 2.75) is 45.9 Å². The number of aliphatic hydroxyl groups is 1. The van der Waals surface area contributed by atoms with E-state index in [0.29, 0.717) is 11.1 Å². The number of carbonyl (C=O) groups excluding carboxylic acids is 1. The molecule has 0 saturated carbocycles. The van der Waals surface area contributed by atoms with Gasteiger partial charge in [-0.15, -0.1) is 0 Å². The van der Waals surface area contributed by atoms with Crippen molar-refractivity contribution in [1.29, 1.82) is 0 Å². The van der Waals surface area contributed by atoms with Crippen LogP contribution in [0.25, 0.3) is 10.8 Å². The van der Waals surface area contributed by atoms with E-state index in [4.69, 9.17) is 0 Å². The van der Waals surface area contributed by atoms with Gasteiger partial charge in [0.05, 0.1) is 5.56 Å². The fourth-order valence-corrected chi connectivity index (χ4v) is 3.76. The Hall–Kier alpha value is -2.65. The fraction of sp³-hybridized carbons (Fsp3) is 0.292. The molecule has 1 amide bonds. The number of aliphatic hydroxyl groups excluding tert-OH is 1. The maximum absolute atomic E-state index is 13.6. The summed E-state index contributed by atoms with van der Waals surface area (Å²) in [6, 6.07) is 21.3. The Morgan fingerprint density at radius 3 is 2.04 bits per heavy atom. The molecule has 3 heteroatoms. The van der Waals surface area contributed by atoms with Crippen LogP contribution >= 0.6 is 0 Å². The second kappa shape index (κ2) is 7.93. The number of hydrogen-bond donors (Lipinski definition) is 1. The van der Waals surface area contributed by atoms with Gasteiger partial charge >= 0.3 is 0 Å². The van der Waals surface area contributed by atoms with Crippen LogP contribution in [0.5, 0.6) is 0 Å². The third-order valence-electron chi connectivity index (χ3n) is 4.93. The maximum atomic E-state index is 13.6. The van der Waals surface area contributed by atoms with Crippen molar-refractivity contribution in [1.82, 2.24) is 4.90 Å². The highest BCUT2D eigenvalue weighted by Crippen LogP contribution is 2.32. The Bertz CT molecular complexity index is 924. The van der Waals surface area contributed by atoms with E-state index in [1.807, 2.05) is 99.3 Å². The number of amides is 1. The summed E-state index contributed by atoms with van der Waals surface area (Å²) < 4.78 is 0. The van der Waals surface area contributed by atoms with Crippen LogP contribution in [0.15, 0.2) is 66.7 Å². The summed E-state index contributed by atoms with van der Waals surface area (Å²) in [5, 5.41) is 12.9. The molecule has 0 fully saturated rings. The van der Waals surface area contributed by atoms with Gasteiger partial charge in [0.15, 0.2) is 0 Å². The molecule has 0 radical (unpaired) electrons. The molecule has 1 unspecified atom stereocenters. The highest BCUT2D eigenvalue weighted by atomic mass is 16.3. The molecule has 1 N–H and O–H groups in total. The van der Waals surface area contributed by atoms with Gasteiger partial charge in [-0.1, -0.05) is 66.7 Å². The van der Waals surface area contributed by atoms with Crippen molar-refractivity contribution in [3.8, 4) is 0 Å². The molecule has 3 nitrogen and oxygen atoms in total. The molecule has 1 atom stereocenters. The lowest BCUT2D eigenvalue weighted by Gasteiger charge is -2.32. The Morgan fingerprint density at radius 1 is 0.815 bits per heavy atom. The van der Waals surface area contributed by atoms with Gasteiger partial charge in [0, 0.05) is 12.1 Å². The van der Waals surface area contributed by atoms with Crippen molar-refractivity contribution >= 4 is 16.7 Å². The molecule has 3 aromatic carbocycles. The lowest BCUT2D eigenvalue weighted by Crippen LogP contribution is -2.42. The highest BCUT2D eigenvalue weighted by Gasteiger charge is 2.28. The van der Waals surface area contributed by atoms with Gasteiger partial charge in [0.2, 0.25) is 0 Å². The van der Waals surface area contributed by atoms with Crippen molar-refractivity contribution in [2.75, 3.05) is 0 Å². The molecule has 27 heavy (non-hydrogen) atoms. The zero-order chi connectivity index (χ0) is 19.6. The van der Waals surface area contributed by atoms with Crippen molar-refractivity contribution < 1.29 is 9.90 Å². The summed E-state index contributed by atoms with van der Waals surface area (Å²) in [5.41, 5.74) is 2.02. The van der Waals surface area contributed by atoms with Crippen LogP contribution in [0.2, 0.25) is 0 Å². The first-order valence-electron chi connectivity index (χ1n) is 9.49. The van der Waals surface area contributed by atoms with Gasteiger partial charge in [0.1, 0.15) is 6.10 Å². The van der Waals surface area contributed by atoms with Crippen LogP contribution in [0.3, 0.4) is 0 Å². The Labute approximate surface area is 161 Å². The summed E-state index contributed by atoms with van der Waals surface area (Å²) in [5.74, 6) is -0.0400. The van der Waals surface area contributed by atoms with Crippen LogP contribution in [-0.4, -0.2) is 28.0 Å². The highest BCUT2D eigenvalue weighted by molar-refractivity contribution is 6.08. The summed E-state index contributed by atoms with van der Waals surface area (Å²) >= 11 is 0. The van der Waals surface area contributed by atoms with Gasteiger partial charge in [-0.25, -0.2) is 0 Å². The number of rotatable bonds is 5. The van der Waals surface area contributed by atoms with Crippen LogP contribution < -0.4 is 0 Å². The van der Waals surface area contributed by atoms with Crippen LogP contribution in [0, 0.1) is 0 Å². The van der Waals surface area contributed by atoms with Crippen LogP contribution in [0.1, 0.15) is 55.3 Å². The Kier molecular flexibility index (Phi) is 5.62. The summed E-state index contributed by atoms with van der Waals surface area (Å²) in [4.78, 5) is 15.5.